The number of nitrogens with zero attached hydrogens (tertiary/aromatic N) is 2. The Morgan fingerprint density at radius 2 is 2.38 bits per heavy atom. The zero-order valence-corrected chi connectivity index (χ0v) is 10.4. The average molecular weight is 240 g/mol. The third-order valence-corrected chi connectivity index (χ3v) is 3.40. The summed E-state index contributed by atoms with van der Waals surface area (Å²) in [6.45, 7) is 5.37. The van der Waals surface area contributed by atoms with Gasteiger partial charge in [0.05, 0.1) is 10.7 Å². The lowest BCUT2D eigenvalue weighted by Gasteiger charge is -2.30. The predicted octanol–water partition coefficient (Wildman–Crippen LogP) is 2.55. The zero-order valence-electron chi connectivity index (χ0n) is 9.62. The Balaban J connectivity index is 2.05. The van der Waals surface area contributed by atoms with E-state index in [0.717, 1.165) is 31.2 Å². The summed E-state index contributed by atoms with van der Waals surface area (Å²) in [6.07, 6.45) is 2.59. The molecule has 1 aromatic rings. The van der Waals surface area contributed by atoms with Crippen LogP contribution in [0.25, 0.3) is 0 Å². The molecule has 1 atom stereocenters. The number of anilines is 1. The highest BCUT2D eigenvalue weighted by atomic mass is 35.5. The molecule has 0 amide bonds. The number of nitrogen functional groups attached to an aromatic ring is 1. The maximum atomic E-state index is 6.11. The fourth-order valence-corrected chi connectivity index (χ4v) is 2.42. The minimum atomic E-state index is 0.546. The highest BCUT2D eigenvalue weighted by Crippen LogP contribution is 2.21. The molecule has 0 aliphatic carbocycles. The van der Waals surface area contributed by atoms with Gasteiger partial charge in [0.2, 0.25) is 0 Å². The van der Waals surface area contributed by atoms with Crippen LogP contribution in [0.1, 0.15) is 25.5 Å². The van der Waals surface area contributed by atoms with E-state index in [-0.39, 0.29) is 0 Å². The van der Waals surface area contributed by atoms with Crippen molar-refractivity contribution in [1.82, 2.24) is 9.88 Å². The van der Waals surface area contributed by atoms with Crippen LogP contribution in [0.4, 0.5) is 5.82 Å². The lowest BCUT2D eigenvalue weighted by Crippen LogP contribution is -2.34. The second-order valence-electron chi connectivity index (χ2n) is 4.65. The van der Waals surface area contributed by atoms with E-state index in [1.165, 1.54) is 12.8 Å². The fourth-order valence-electron chi connectivity index (χ4n) is 2.25. The van der Waals surface area contributed by atoms with Gasteiger partial charge in [0.25, 0.3) is 0 Å². The number of likely N-dealkylation sites (tertiary alicyclic amines) is 1. The molecule has 16 heavy (non-hydrogen) atoms. The van der Waals surface area contributed by atoms with Crippen LogP contribution in [0.2, 0.25) is 5.02 Å². The molecule has 1 aromatic heterocycles. The van der Waals surface area contributed by atoms with Gasteiger partial charge in [-0.2, -0.15) is 0 Å². The van der Waals surface area contributed by atoms with E-state index in [2.05, 4.69) is 16.8 Å². The average Bonchev–Trinajstić information content (AvgIpc) is 2.24. The molecule has 0 bridgehead atoms. The van der Waals surface area contributed by atoms with Crippen molar-refractivity contribution in [3.05, 3.63) is 22.8 Å². The number of piperidine rings is 1. The molecule has 0 saturated carbocycles. The van der Waals surface area contributed by atoms with Crippen molar-refractivity contribution in [3.63, 3.8) is 0 Å². The molecule has 2 rings (SSSR count). The van der Waals surface area contributed by atoms with E-state index in [0.29, 0.717) is 10.8 Å². The van der Waals surface area contributed by atoms with Crippen LogP contribution in [0.15, 0.2) is 12.1 Å². The number of pyridine rings is 1. The summed E-state index contributed by atoms with van der Waals surface area (Å²) < 4.78 is 0. The Hall–Kier alpha value is -0.800. The summed E-state index contributed by atoms with van der Waals surface area (Å²) in [7, 11) is 0. The number of nitrogens with two attached hydrogens (primary N) is 1. The molecule has 0 radical (unpaired) electrons. The summed E-state index contributed by atoms with van der Waals surface area (Å²) in [5.41, 5.74) is 6.57. The molecule has 0 spiro atoms. The lowest BCUT2D eigenvalue weighted by molar-refractivity contribution is 0.175. The van der Waals surface area contributed by atoms with Crippen LogP contribution >= 0.6 is 11.6 Å². The van der Waals surface area contributed by atoms with Crippen LogP contribution in [0, 0.1) is 5.92 Å². The van der Waals surface area contributed by atoms with Gasteiger partial charge in [0, 0.05) is 13.1 Å². The smallest absolute Gasteiger partial charge is 0.123 e. The number of hydrogen-bond acceptors (Lipinski definition) is 3. The summed E-state index contributed by atoms with van der Waals surface area (Å²) in [5, 5.41) is 0.715. The maximum Gasteiger partial charge on any atom is 0.123 e. The van der Waals surface area contributed by atoms with Crippen molar-refractivity contribution in [2.75, 3.05) is 18.8 Å². The van der Waals surface area contributed by atoms with Crippen molar-refractivity contribution in [2.24, 2.45) is 5.92 Å². The van der Waals surface area contributed by atoms with E-state index in [9.17, 15) is 0 Å². The minimum Gasteiger partial charge on any atom is -0.384 e. The largest absolute Gasteiger partial charge is 0.384 e. The van der Waals surface area contributed by atoms with Gasteiger partial charge in [-0.05, 0) is 37.4 Å². The molecule has 4 heteroatoms. The number of aromatic nitrogens is 1. The number of halogens is 1. The predicted molar refractivity (Wildman–Crippen MR) is 67.3 cm³/mol. The summed E-state index contributed by atoms with van der Waals surface area (Å²) in [5.74, 6) is 1.32. The quantitative estimate of drug-likeness (QED) is 0.863. The Kier molecular flexibility index (Phi) is 3.66. The second-order valence-corrected chi connectivity index (χ2v) is 5.05. The Morgan fingerprint density at radius 3 is 3.12 bits per heavy atom. The third kappa shape index (κ3) is 2.86. The molecule has 2 N–H and O–H groups in total. The van der Waals surface area contributed by atoms with E-state index >= 15 is 0 Å². The van der Waals surface area contributed by atoms with E-state index in [1.807, 2.05) is 6.07 Å². The molecule has 0 aromatic carbocycles. The topological polar surface area (TPSA) is 42.2 Å². The van der Waals surface area contributed by atoms with Crippen molar-refractivity contribution < 1.29 is 0 Å². The van der Waals surface area contributed by atoms with Crippen molar-refractivity contribution in [1.29, 1.82) is 0 Å². The van der Waals surface area contributed by atoms with Crippen molar-refractivity contribution in [2.45, 2.75) is 26.3 Å². The standard InChI is InChI=1S/C12H18ClN3/c1-9-3-2-6-16(7-9)8-11-10(13)4-5-12(14)15-11/h4-5,9H,2-3,6-8H2,1H3,(H2,14,15). The first-order chi connectivity index (χ1) is 7.65. The number of rotatable bonds is 2. The first kappa shape index (κ1) is 11.7. The first-order valence-corrected chi connectivity index (χ1v) is 6.16. The normalized spacial score (nSPS) is 22.2. The Labute approximate surface area is 102 Å². The summed E-state index contributed by atoms with van der Waals surface area (Å²) in [4.78, 5) is 6.70. The molecule has 1 unspecified atom stereocenters. The number of hydrogen-bond donors (Lipinski definition) is 1. The zero-order chi connectivity index (χ0) is 11.5. The molecule has 1 saturated heterocycles. The van der Waals surface area contributed by atoms with Crippen molar-refractivity contribution >= 4 is 17.4 Å². The SMILES string of the molecule is CC1CCCN(Cc2nc(N)ccc2Cl)C1. The molecule has 1 aliphatic rings. The summed E-state index contributed by atoms with van der Waals surface area (Å²) in [6, 6.07) is 3.57. The van der Waals surface area contributed by atoms with Gasteiger partial charge >= 0.3 is 0 Å². The van der Waals surface area contributed by atoms with Crippen LogP contribution in [-0.2, 0) is 6.54 Å². The molecule has 2 heterocycles. The molecule has 88 valence electrons. The first-order valence-electron chi connectivity index (χ1n) is 5.78. The molecule has 1 fully saturated rings. The summed E-state index contributed by atoms with van der Waals surface area (Å²) >= 11 is 6.11. The van der Waals surface area contributed by atoms with Gasteiger partial charge in [0.1, 0.15) is 5.82 Å². The third-order valence-electron chi connectivity index (χ3n) is 3.05. The minimum absolute atomic E-state index is 0.546. The molecular weight excluding hydrogens is 222 g/mol. The van der Waals surface area contributed by atoms with Gasteiger partial charge in [-0.3, -0.25) is 4.90 Å². The van der Waals surface area contributed by atoms with Crippen LogP contribution in [0.5, 0.6) is 0 Å². The second kappa shape index (κ2) is 5.02. The Bertz CT molecular complexity index is 367. The van der Waals surface area contributed by atoms with Gasteiger partial charge in [-0.25, -0.2) is 4.98 Å². The fraction of sp³-hybridized carbons (Fsp3) is 0.583. The van der Waals surface area contributed by atoms with E-state index in [4.69, 9.17) is 17.3 Å². The van der Waals surface area contributed by atoms with Crippen LogP contribution in [0.3, 0.4) is 0 Å². The highest BCUT2D eigenvalue weighted by molar-refractivity contribution is 6.31. The van der Waals surface area contributed by atoms with Crippen LogP contribution < -0.4 is 5.73 Å². The van der Waals surface area contributed by atoms with E-state index in [1.54, 1.807) is 6.07 Å². The van der Waals surface area contributed by atoms with Gasteiger partial charge in [-0.15, -0.1) is 0 Å². The van der Waals surface area contributed by atoms with Gasteiger partial charge in [-0.1, -0.05) is 18.5 Å². The van der Waals surface area contributed by atoms with Crippen LogP contribution in [-0.4, -0.2) is 23.0 Å². The van der Waals surface area contributed by atoms with Crippen molar-refractivity contribution in [3.8, 4) is 0 Å². The lowest BCUT2D eigenvalue weighted by atomic mass is 10.0. The maximum absolute atomic E-state index is 6.11. The molecule has 1 aliphatic heterocycles. The Morgan fingerprint density at radius 1 is 1.56 bits per heavy atom. The van der Waals surface area contributed by atoms with E-state index < -0.39 is 0 Å². The monoisotopic (exact) mass is 239 g/mol. The highest BCUT2D eigenvalue weighted by Gasteiger charge is 2.17. The van der Waals surface area contributed by atoms with Gasteiger partial charge < -0.3 is 5.73 Å². The molecule has 3 nitrogen and oxygen atoms in total. The van der Waals surface area contributed by atoms with Gasteiger partial charge in [0.15, 0.2) is 0 Å². The molecular formula is C12H18ClN3.